The van der Waals surface area contributed by atoms with Crippen LogP contribution in [-0.2, 0) is 4.79 Å². The van der Waals surface area contributed by atoms with Crippen LogP contribution in [0.5, 0.6) is 0 Å². The molecule has 2 atom stereocenters. The lowest BCUT2D eigenvalue weighted by Crippen LogP contribution is -2.24. The van der Waals surface area contributed by atoms with E-state index in [-0.39, 0.29) is 28.8 Å². The molecule has 0 aliphatic heterocycles. The van der Waals surface area contributed by atoms with Crippen molar-refractivity contribution < 1.29 is 9.90 Å². The van der Waals surface area contributed by atoms with E-state index in [0.29, 0.717) is 5.69 Å². The van der Waals surface area contributed by atoms with E-state index in [4.69, 9.17) is 16.7 Å². The molecular formula is C12H17ClN2O2S. The number of hydrogen-bond donors (Lipinski definition) is 2. The fourth-order valence-corrected chi connectivity index (χ4v) is 2.25. The third kappa shape index (κ3) is 4.84. The van der Waals surface area contributed by atoms with Crippen molar-refractivity contribution in [2.24, 2.45) is 5.92 Å². The highest BCUT2D eigenvalue weighted by atomic mass is 35.5. The Balaban J connectivity index is 2.48. The van der Waals surface area contributed by atoms with Crippen molar-refractivity contribution in [2.45, 2.75) is 19.1 Å². The number of pyridine rings is 1. The summed E-state index contributed by atoms with van der Waals surface area (Å²) in [4.78, 5) is 15.8. The molecule has 4 nitrogen and oxygen atoms in total. The van der Waals surface area contributed by atoms with Crippen LogP contribution in [0.2, 0.25) is 5.15 Å². The largest absolute Gasteiger partial charge is 0.396 e. The molecule has 0 unspecified atom stereocenters. The Labute approximate surface area is 116 Å². The summed E-state index contributed by atoms with van der Waals surface area (Å²) in [5, 5.41) is 11.7. The maximum absolute atomic E-state index is 11.9. The number of anilines is 1. The van der Waals surface area contributed by atoms with Crippen LogP contribution in [0.25, 0.3) is 0 Å². The average molecular weight is 289 g/mol. The van der Waals surface area contributed by atoms with Gasteiger partial charge in [-0.1, -0.05) is 18.5 Å². The van der Waals surface area contributed by atoms with Gasteiger partial charge in [-0.15, -0.1) is 11.8 Å². The molecule has 0 aromatic carbocycles. The van der Waals surface area contributed by atoms with E-state index in [1.165, 1.54) is 11.8 Å². The number of rotatable bonds is 6. The van der Waals surface area contributed by atoms with E-state index in [2.05, 4.69) is 10.3 Å². The van der Waals surface area contributed by atoms with Crippen LogP contribution in [0.1, 0.15) is 13.8 Å². The third-order valence-electron chi connectivity index (χ3n) is 2.33. The van der Waals surface area contributed by atoms with Gasteiger partial charge in [0.1, 0.15) is 0 Å². The van der Waals surface area contributed by atoms with Crippen molar-refractivity contribution in [1.82, 2.24) is 4.98 Å². The molecule has 6 heteroatoms. The second kappa shape index (κ2) is 7.61. The smallest absolute Gasteiger partial charge is 0.237 e. The summed E-state index contributed by atoms with van der Waals surface area (Å²) in [6.07, 6.45) is 1.57. The number of carbonyl (C=O) groups excluding carboxylic acids is 1. The first-order chi connectivity index (χ1) is 8.54. The highest BCUT2D eigenvalue weighted by Gasteiger charge is 2.16. The Morgan fingerprint density at radius 1 is 1.61 bits per heavy atom. The third-order valence-corrected chi connectivity index (χ3v) is 4.11. The van der Waals surface area contributed by atoms with Crippen molar-refractivity contribution in [3.05, 3.63) is 23.5 Å². The van der Waals surface area contributed by atoms with Crippen LogP contribution in [0, 0.1) is 5.92 Å². The molecule has 0 aliphatic rings. The first-order valence-electron chi connectivity index (χ1n) is 5.68. The molecule has 100 valence electrons. The summed E-state index contributed by atoms with van der Waals surface area (Å²) < 4.78 is 0. The topological polar surface area (TPSA) is 62.2 Å². The normalized spacial score (nSPS) is 14.0. The van der Waals surface area contributed by atoms with Crippen LogP contribution in [-0.4, -0.2) is 33.6 Å². The molecule has 2 N–H and O–H groups in total. The van der Waals surface area contributed by atoms with Gasteiger partial charge in [-0.05, 0) is 30.7 Å². The summed E-state index contributed by atoms with van der Waals surface area (Å²) in [7, 11) is 0. The molecule has 0 aliphatic carbocycles. The minimum Gasteiger partial charge on any atom is -0.396 e. The van der Waals surface area contributed by atoms with E-state index < -0.39 is 0 Å². The number of carbonyl (C=O) groups is 1. The summed E-state index contributed by atoms with van der Waals surface area (Å²) in [6, 6.07) is 3.42. The van der Waals surface area contributed by atoms with Crippen molar-refractivity contribution >= 4 is 35.0 Å². The highest BCUT2D eigenvalue weighted by molar-refractivity contribution is 8.00. The van der Waals surface area contributed by atoms with E-state index in [1.807, 2.05) is 13.8 Å². The lowest BCUT2D eigenvalue weighted by Gasteiger charge is -2.14. The molecule has 0 saturated carbocycles. The zero-order valence-corrected chi connectivity index (χ0v) is 12.0. The van der Waals surface area contributed by atoms with Gasteiger partial charge in [-0.25, -0.2) is 4.98 Å². The minimum atomic E-state index is -0.199. The number of halogens is 1. The number of aromatic nitrogens is 1. The number of nitrogens with zero attached hydrogens (tertiary/aromatic N) is 1. The standard InChI is InChI=1S/C12H17ClN2O2S/c1-8(6-16)7-18-9(2)12(17)15-10-4-3-5-14-11(10)13/h3-5,8-9,16H,6-7H2,1-2H3,(H,15,17)/t8-,9+/m0/s1. The number of aliphatic hydroxyl groups is 1. The Bertz CT molecular complexity index is 403. The van der Waals surface area contributed by atoms with Gasteiger partial charge < -0.3 is 10.4 Å². The lowest BCUT2D eigenvalue weighted by atomic mass is 10.2. The van der Waals surface area contributed by atoms with Crippen LogP contribution < -0.4 is 5.32 Å². The fraction of sp³-hybridized carbons (Fsp3) is 0.500. The van der Waals surface area contributed by atoms with Gasteiger partial charge in [-0.3, -0.25) is 4.79 Å². The van der Waals surface area contributed by atoms with Gasteiger partial charge in [0.25, 0.3) is 0 Å². The average Bonchev–Trinajstić information content (AvgIpc) is 2.38. The molecule has 0 spiro atoms. The second-order valence-electron chi connectivity index (χ2n) is 4.09. The molecule has 18 heavy (non-hydrogen) atoms. The summed E-state index contributed by atoms with van der Waals surface area (Å²) in [5.74, 6) is 0.818. The van der Waals surface area contributed by atoms with Crippen LogP contribution in [0.15, 0.2) is 18.3 Å². The molecule has 1 amide bonds. The number of thioether (sulfide) groups is 1. The predicted molar refractivity (Wildman–Crippen MR) is 76.0 cm³/mol. The number of hydrogen-bond acceptors (Lipinski definition) is 4. The molecule has 1 heterocycles. The van der Waals surface area contributed by atoms with Crippen molar-refractivity contribution in [3.8, 4) is 0 Å². The summed E-state index contributed by atoms with van der Waals surface area (Å²) in [6.45, 7) is 3.90. The van der Waals surface area contributed by atoms with Gasteiger partial charge in [0, 0.05) is 12.8 Å². The maximum Gasteiger partial charge on any atom is 0.237 e. The molecule has 1 rings (SSSR count). The van der Waals surface area contributed by atoms with Gasteiger partial charge in [0.2, 0.25) is 5.91 Å². The van der Waals surface area contributed by atoms with Crippen LogP contribution in [0.4, 0.5) is 5.69 Å². The van der Waals surface area contributed by atoms with E-state index >= 15 is 0 Å². The zero-order valence-electron chi connectivity index (χ0n) is 10.4. The first kappa shape index (κ1) is 15.3. The van der Waals surface area contributed by atoms with Crippen molar-refractivity contribution in [3.63, 3.8) is 0 Å². The van der Waals surface area contributed by atoms with E-state index in [0.717, 1.165) is 5.75 Å². The van der Waals surface area contributed by atoms with Gasteiger partial charge in [-0.2, -0.15) is 0 Å². The molecule has 0 radical (unpaired) electrons. The summed E-state index contributed by atoms with van der Waals surface area (Å²) in [5.41, 5.74) is 0.520. The molecular weight excluding hydrogens is 272 g/mol. The SMILES string of the molecule is C[C@@H](CO)CS[C@H](C)C(=O)Nc1cccnc1Cl. The van der Waals surface area contributed by atoms with Gasteiger partial charge >= 0.3 is 0 Å². The number of aliphatic hydroxyl groups excluding tert-OH is 1. The quantitative estimate of drug-likeness (QED) is 0.789. The Morgan fingerprint density at radius 3 is 2.94 bits per heavy atom. The monoisotopic (exact) mass is 288 g/mol. The van der Waals surface area contributed by atoms with Crippen molar-refractivity contribution in [1.29, 1.82) is 0 Å². The van der Waals surface area contributed by atoms with Gasteiger partial charge in [0.15, 0.2) is 5.15 Å². The van der Waals surface area contributed by atoms with Crippen LogP contribution >= 0.6 is 23.4 Å². The highest BCUT2D eigenvalue weighted by Crippen LogP contribution is 2.20. The number of nitrogens with one attached hydrogen (secondary N) is 1. The predicted octanol–water partition coefficient (Wildman–Crippen LogP) is 2.42. The van der Waals surface area contributed by atoms with E-state index in [9.17, 15) is 4.79 Å². The number of amides is 1. The minimum absolute atomic E-state index is 0.111. The Hall–Kier alpha value is -0.780. The van der Waals surface area contributed by atoms with E-state index in [1.54, 1.807) is 18.3 Å². The molecule has 1 aromatic rings. The van der Waals surface area contributed by atoms with Gasteiger partial charge in [0.05, 0.1) is 10.9 Å². The first-order valence-corrected chi connectivity index (χ1v) is 7.11. The zero-order chi connectivity index (χ0) is 13.5. The Kier molecular flexibility index (Phi) is 6.46. The maximum atomic E-state index is 11.9. The van der Waals surface area contributed by atoms with Crippen LogP contribution in [0.3, 0.4) is 0 Å². The summed E-state index contributed by atoms with van der Waals surface area (Å²) >= 11 is 7.36. The molecule has 0 bridgehead atoms. The second-order valence-corrected chi connectivity index (χ2v) is 5.83. The molecule has 0 saturated heterocycles. The lowest BCUT2D eigenvalue weighted by molar-refractivity contribution is -0.115. The molecule has 1 aromatic heterocycles. The van der Waals surface area contributed by atoms with Crippen molar-refractivity contribution in [2.75, 3.05) is 17.7 Å². The fourth-order valence-electron chi connectivity index (χ4n) is 1.15. The Morgan fingerprint density at radius 2 is 2.33 bits per heavy atom. The molecule has 0 fully saturated rings.